The molecule has 0 amide bonds. The summed E-state index contributed by atoms with van der Waals surface area (Å²) in [6.07, 6.45) is 4.64. The first-order valence-corrected chi connectivity index (χ1v) is 2.35. The van der Waals surface area contributed by atoms with Crippen LogP contribution in [0.5, 0.6) is 0 Å². The third-order valence-corrected chi connectivity index (χ3v) is 0.625. The van der Waals surface area contributed by atoms with E-state index in [9.17, 15) is 0 Å². The van der Waals surface area contributed by atoms with Gasteiger partial charge in [-0.15, -0.1) is 0 Å². The molecule has 0 aliphatic rings. The monoisotopic (exact) mass is 110 g/mol. The molecular formula is C6H10N2. The van der Waals surface area contributed by atoms with Gasteiger partial charge in [0, 0.05) is 12.4 Å². The van der Waals surface area contributed by atoms with E-state index in [4.69, 9.17) is 5.73 Å². The van der Waals surface area contributed by atoms with Crippen LogP contribution in [0.1, 0.15) is 6.92 Å². The second-order valence-electron chi connectivity index (χ2n) is 1.32. The molecule has 0 aliphatic heterocycles. The Hall–Kier alpha value is -1.05. The second kappa shape index (κ2) is 4.12. The third kappa shape index (κ3) is 3.15. The molecule has 2 N–H and O–H groups in total. The minimum atomic E-state index is 0.796. The van der Waals surface area contributed by atoms with E-state index in [-0.39, 0.29) is 0 Å². The lowest BCUT2D eigenvalue weighted by Crippen LogP contribution is -1.80. The topological polar surface area (TPSA) is 38.4 Å². The maximum Gasteiger partial charge on any atom is 0.0526 e. The van der Waals surface area contributed by atoms with Crippen molar-refractivity contribution in [2.24, 2.45) is 10.7 Å². The maximum absolute atomic E-state index is 5.10. The van der Waals surface area contributed by atoms with Gasteiger partial charge in [0.1, 0.15) is 0 Å². The zero-order valence-corrected chi connectivity index (χ0v) is 4.96. The predicted octanol–water partition coefficient (Wildman–Crippen LogP) is 1.06. The van der Waals surface area contributed by atoms with Gasteiger partial charge in [-0.2, -0.15) is 0 Å². The molecule has 0 rings (SSSR count). The Morgan fingerprint density at radius 2 is 2.38 bits per heavy atom. The molecule has 0 spiro atoms. The van der Waals surface area contributed by atoms with Gasteiger partial charge in [0.15, 0.2) is 0 Å². The summed E-state index contributed by atoms with van der Waals surface area (Å²) < 4.78 is 0. The van der Waals surface area contributed by atoms with E-state index in [0.29, 0.717) is 0 Å². The SMILES string of the molecule is C=CC=N/C(C)=C\N. The van der Waals surface area contributed by atoms with Crippen molar-refractivity contribution in [3.05, 3.63) is 24.6 Å². The van der Waals surface area contributed by atoms with E-state index >= 15 is 0 Å². The summed E-state index contributed by atoms with van der Waals surface area (Å²) >= 11 is 0. The Morgan fingerprint density at radius 1 is 1.75 bits per heavy atom. The molecule has 2 heteroatoms. The molecular weight excluding hydrogens is 100 g/mol. The lowest BCUT2D eigenvalue weighted by Gasteiger charge is -1.82. The van der Waals surface area contributed by atoms with Gasteiger partial charge >= 0.3 is 0 Å². The summed E-state index contributed by atoms with van der Waals surface area (Å²) in [6, 6.07) is 0. The highest BCUT2D eigenvalue weighted by Crippen LogP contribution is 1.86. The van der Waals surface area contributed by atoms with Gasteiger partial charge in [-0.05, 0) is 6.92 Å². The molecule has 0 aliphatic carbocycles. The van der Waals surface area contributed by atoms with Crippen LogP contribution in [-0.2, 0) is 0 Å². The minimum Gasteiger partial charge on any atom is -0.403 e. The van der Waals surface area contributed by atoms with E-state index < -0.39 is 0 Å². The van der Waals surface area contributed by atoms with Crippen LogP contribution < -0.4 is 5.73 Å². The van der Waals surface area contributed by atoms with Crippen LogP contribution >= 0.6 is 0 Å². The normalized spacial score (nSPS) is 12.4. The number of hydrogen-bond donors (Lipinski definition) is 1. The van der Waals surface area contributed by atoms with Crippen molar-refractivity contribution >= 4 is 6.21 Å². The van der Waals surface area contributed by atoms with E-state index in [0.717, 1.165) is 5.70 Å². The van der Waals surface area contributed by atoms with Crippen LogP contribution in [0.25, 0.3) is 0 Å². The summed E-state index contributed by atoms with van der Waals surface area (Å²) in [5.74, 6) is 0. The second-order valence-corrected chi connectivity index (χ2v) is 1.32. The predicted molar refractivity (Wildman–Crippen MR) is 36.6 cm³/mol. The first kappa shape index (κ1) is 6.95. The summed E-state index contributed by atoms with van der Waals surface area (Å²) in [6.45, 7) is 5.27. The van der Waals surface area contributed by atoms with Crippen molar-refractivity contribution in [3.63, 3.8) is 0 Å². The highest BCUT2D eigenvalue weighted by atomic mass is 14.7. The standard InChI is InChI=1S/C6H10N2/c1-3-4-8-6(2)5-7/h3-5H,1,7H2,2H3/b6-5-,8-4?. The van der Waals surface area contributed by atoms with Gasteiger partial charge < -0.3 is 5.73 Å². The lowest BCUT2D eigenvalue weighted by atomic mass is 10.5. The summed E-state index contributed by atoms with van der Waals surface area (Å²) in [5.41, 5.74) is 5.90. The fourth-order valence-electron chi connectivity index (χ4n) is 0.213. The molecule has 0 aromatic rings. The highest BCUT2D eigenvalue weighted by molar-refractivity contribution is 5.71. The molecule has 0 heterocycles. The van der Waals surface area contributed by atoms with Crippen LogP contribution in [-0.4, -0.2) is 6.21 Å². The molecule has 8 heavy (non-hydrogen) atoms. The zero-order chi connectivity index (χ0) is 6.41. The number of nitrogens with two attached hydrogens (primary N) is 1. The fourth-order valence-corrected chi connectivity index (χ4v) is 0.213. The number of aliphatic imine (C=N–C) groups is 1. The number of nitrogens with zero attached hydrogens (tertiary/aromatic N) is 1. The molecule has 0 saturated carbocycles. The number of rotatable bonds is 2. The Kier molecular flexibility index (Phi) is 3.58. The van der Waals surface area contributed by atoms with Crippen LogP contribution in [0, 0.1) is 0 Å². The van der Waals surface area contributed by atoms with Crippen molar-refractivity contribution in [1.82, 2.24) is 0 Å². The summed E-state index contributed by atoms with van der Waals surface area (Å²) in [5, 5.41) is 0. The molecule has 0 atom stereocenters. The van der Waals surface area contributed by atoms with Crippen molar-refractivity contribution in [2.75, 3.05) is 0 Å². The van der Waals surface area contributed by atoms with E-state index in [1.54, 1.807) is 12.3 Å². The molecule has 0 fully saturated rings. The average Bonchev–Trinajstić information content (AvgIpc) is 1.83. The van der Waals surface area contributed by atoms with Crippen LogP contribution in [0.2, 0.25) is 0 Å². The van der Waals surface area contributed by atoms with Crippen LogP contribution in [0.4, 0.5) is 0 Å². The van der Waals surface area contributed by atoms with Crippen molar-refractivity contribution in [3.8, 4) is 0 Å². The van der Waals surface area contributed by atoms with Gasteiger partial charge in [-0.25, -0.2) is 0 Å². The van der Waals surface area contributed by atoms with Crippen LogP contribution in [0.15, 0.2) is 29.5 Å². The molecule has 0 radical (unpaired) electrons. The zero-order valence-electron chi connectivity index (χ0n) is 4.96. The quantitative estimate of drug-likeness (QED) is 0.530. The third-order valence-electron chi connectivity index (χ3n) is 0.625. The van der Waals surface area contributed by atoms with Gasteiger partial charge in [-0.3, -0.25) is 4.99 Å². The Morgan fingerprint density at radius 3 is 2.75 bits per heavy atom. The van der Waals surface area contributed by atoms with E-state index in [1.165, 1.54) is 6.20 Å². The molecule has 0 unspecified atom stereocenters. The van der Waals surface area contributed by atoms with Gasteiger partial charge in [0.2, 0.25) is 0 Å². The smallest absolute Gasteiger partial charge is 0.0526 e. The van der Waals surface area contributed by atoms with E-state index in [2.05, 4.69) is 11.6 Å². The largest absolute Gasteiger partial charge is 0.403 e. The molecule has 0 saturated heterocycles. The Balaban J connectivity index is 3.69. The number of hydrogen-bond acceptors (Lipinski definition) is 2. The van der Waals surface area contributed by atoms with Crippen molar-refractivity contribution in [1.29, 1.82) is 0 Å². The molecule has 0 aromatic carbocycles. The molecule has 0 bridgehead atoms. The first-order chi connectivity index (χ1) is 3.81. The maximum atomic E-state index is 5.10. The highest BCUT2D eigenvalue weighted by Gasteiger charge is 1.72. The lowest BCUT2D eigenvalue weighted by molar-refractivity contribution is 1.28. The summed E-state index contributed by atoms with van der Waals surface area (Å²) in [7, 11) is 0. The van der Waals surface area contributed by atoms with Crippen LogP contribution in [0.3, 0.4) is 0 Å². The molecule has 44 valence electrons. The van der Waals surface area contributed by atoms with E-state index in [1.807, 2.05) is 6.92 Å². The Labute approximate surface area is 49.4 Å². The van der Waals surface area contributed by atoms with Gasteiger partial charge in [0.25, 0.3) is 0 Å². The first-order valence-electron chi connectivity index (χ1n) is 2.35. The fraction of sp³-hybridized carbons (Fsp3) is 0.167. The van der Waals surface area contributed by atoms with Crippen molar-refractivity contribution in [2.45, 2.75) is 6.92 Å². The van der Waals surface area contributed by atoms with Gasteiger partial charge in [-0.1, -0.05) is 12.7 Å². The van der Waals surface area contributed by atoms with Crippen molar-refractivity contribution < 1.29 is 0 Å². The molecule has 0 aromatic heterocycles. The minimum absolute atomic E-state index is 0.796. The summed E-state index contributed by atoms with van der Waals surface area (Å²) in [4.78, 5) is 3.85. The Bertz CT molecular complexity index is 122. The molecule has 2 nitrogen and oxygen atoms in total. The van der Waals surface area contributed by atoms with Gasteiger partial charge in [0.05, 0.1) is 5.70 Å². The number of allylic oxidation sites excluding steroid dienone is 2. The average molecular weight is 110 g/mol.